The van der Waals surface area contributed by atoms with Gasteiger partial charge in [0.1, 0.15) is 5.75 Å². The number of phenolic OH excluding ortho intramolecular Hbond substituents is 1. The predicted molar refractivity (Wildman–Crippen MR) is 59.7 cm³/mol. The number of carbonyl (C=O) groups is 1. The number of benzene rings is 1. The van der Waals surface area contributed by atoms with E-state index >= 15 is 0 Å². The Kier molecular flexibility index (Phi) is 2.39. The summed E-state index contributed by atoms with van der Waals surface area (Å²) in [6.45, 7) is 5.48. The molecule has 0 bridgehead atoms. The number of phenols is 1. The minimum Gasteiger partial charge on any atom is -0.508 e. The Morgan fingerprint density at radius 2 is 2.20 bits per heavy atom. The van der Waals surface area contributed by atoms with E-state index in [1.165, 1.54) is 0 Å². The van der Waals surface area contributed by atoms with Gasteiger partial charge in [-0.3, -0.25) is 4.79 Å². The maximum Gasteiger partial charge on any atom is 0.166 e. The summed E-state index contributed by atoms with van der Waals surface area (Å²) in [5.41, 5.74) is 2.38. The number of anilines is 1. The molecule has 0 atom stereocenters. The van der Waals surface area contributed by atoms with Crippen LogP contribution < -0.4 is 4.90 Å². The lowest BCUT2D eigenvalue weighted by molar-refractivity contribution is 0.0980. The second-order valence-corrected chi connectivity index (χ2v) is 3.91. The molecule has 0 aromatic heterocycles. The van der Waals surface area contributed by atoms with Crippen molar-refractivity contribution < 1.29 is 9.90 Å². The lowest BCUT2D eigenvalue weighted by Gasteiger charge is -2.29. The van der Waals surface area contributed by atoms with E-state index in [0.29, 0.717) is 6.42 Å². The molecule has 3 nitrogen and oxygen atoms in total. The lowest BCUT2D eigenvalue weighted by Crippen LogP contribution is -2.31. The third-order valence-electron chi connectivity index (χ3n) is 2.95. The Morgan fingerprint density at radius 3 is 2.87 bits per heavy atom. The molecule has 1 aromatic rings. The van der Waals surface area contributed by atoms with Crippen LogP contribution in [0.25, 0.3) is 0 Å². The zero-order valence-electron chi connectivity index (χ0n) is 9.08. The van der Waals surface area contributed by atoms with E-state index in [0.717, 1.165) is 29.9 Å². The second kappa shape index (κ2) is 3.57. The molecule has 0 aliphatic carbocycles. The number of nitrogens with zero attached hydrogens (tertiary/aromatic N) is 1. The fraction of sp³-hybridized carbons (Fsp3) is 0.417. The largest absolute Gasteiger partial charge is 0.508 e. The van der Waals surface area contributed by atoms with Crippen LogP contribution in [0.1, 0.15) is 29.3 Å². The highest BCUT2D eigenvalue weighted by atomic mass is 16.3. The van der Waals surface area contributed by atoms with Gasteiger partial charge >= 0.3 is 0 Å². The van der Waals surface area contributed by atoms with Gasteiger partial charge in [0.25, 0.3) is 0 Å². The molecular weight excluding hydrogens is 190 g/mol. The van der Waals surface area contributed by atoms with Gasteiger partial charge in [0, 0.05) is 31.1 Å². The monoisotopic (exact) mass is 205 g/mol. The minimum atomic E-state index is 0.179. The van der Waals surface area contributed by atoms with Crippen LogP contribution in [-0.4, -0.2) is 24.0 Å². The summed E-state index contributed by atoms with van der Waals surface area (Å²) >= 11 is 0. The van der Waals surface area contributed by atoms with Crippen molar-refractivity contribution in [1.82, 2.24) is 0 Å². The van der Waals surface area contributed by atoms with Crippen LogP contribution in [0.4, 0.5) is 5.69 Å². The minimum absolute atomic E-state index is 0.179. The smallest absolute Gasteiger partial charge is 0.166 e. The molecule has 0 fully saturated rings. The first kappa shape index (κ1) is 10.0. The summed E-state index contributed by atoms with van der Waals surface area (Å²) in [6.07, 6.45) is 0.574. The van der Waals surface area contributed by atoms with E-state index in [1.807, 2.05) is 6.92 Å². The number of aryl methyl sites for hydroxylation is 1. The summed E-state index contributed by atoms with van der Waals surface area (Å²) in [6, 6.07) is 3.49. The third-order valence-corrected chi connectivity index (χ3v) is 2.95. The topological polar surface area (TPSA) is 40.5 Å². The van der Waals surface area contributed by atoms with Crippen molar-refractivity contribution in [3.8, 4) is 5.75 Å². The molecule has 1 heterocycles. The first-order valence-corrected chi connectivity index (χ1v) is 5.25. The molecule has 0 amide bonds. The number of hydrogen-bond acceptors (Lipinski definition) is 3. The Balaban J connectivity index is 2.57. The standard InChI is InChI=1S/C12H15NO2/c1-3-13-5-4-11(14)9-6-8(2)12(15)7-10(9)13/h6-7,15H,3-5H2,1-2H3. The van der Waals surface area contributed by atoms with Crippen molar-refractivity contribution in [2.24, 2.45) is 0 Å². The van der Waals surface area contributed by atoms with E-state index < -0.39 is 0 Å². The molecule has 0 radical (unpaired) electrons. The number of rotatable bonds is 1. The van der Waals surface area contributed by atoms with Gasteiger partial charge in [-0.15, -0.1) is 0 Å². The van der Waals surface area contributed by atoms with Crippen LogP contribution in [0.3, 0.4) is 0 Å². The zero-order valence-corrected chi connectivity index (χ0v) is 9.08. The van der Waals surface area contributed by atoms with Crippen molar-refractivity contribution in [1.29, 1.82) is 0 Å². The SMILES string of the molecule is CCN1CCC(=O)c2cc(C)c(O)cc21. The molecule has 1 aliphatic heterocycles. The Morgan fingerprint density at radius 1 is 1.47 bits per heavy atom. The Hall–Kier alpha value is -1.51. The van der Waals surface area contributed by atoms with Gasteiger partial charge in [-0.25, -0.2) is 0 Å². The van der Waals surface area contributed by atoms with Gasteiger partial charge in [-0.2, -0.15) is 0 Å². The van der Waals surface area contributed by atoms with E-state index in [1.54, 1.807) is 12.1 Å². The van der Waals surface area contributed by atoms with E-state index in [9.17, 15) is 9.90 Å². The molecule has 3 heteroatoms. The van der Waals surface area contributed by atoms with Crippen LogP contribution in [-0.2, 0) is 0 Å². The number of ketones is 1. The van der Waals surface area contributed by atoms with Crippen LogP contribution in [0, 0.1) is 6.92 Å². The van der Waals surface area contributed by atoms with Gasteiger partial charge in [0.05, 0.1) is 5.69 Å². The van der Waals surface area contributed by atoms with Gasteiger partial charge < -0.3 is 10.0 Å². The molecule has 0 spiro atoms. The van der Waals surface area contributed by atoms with Crippen molar-refractivity contribution in [3.63, 3.8) is 0 Å². The van der Waals surface area contributed by atoms with E-state index in [4.69, 9.17) is 0 Å². The second-order valence-electron chi connectivity index (χ2n) is 3.91. The average Bonchev–Trinajstić information content (AvgIpc) is 2.22. The third kappa shape index (κ3) is 1.58. The summed E-state index contributed by atoms with van der Waals surface area (Å²) in [7, 11) is 0. The van der Waals surface area contributed by atoms with Crippen LogP contribution >= 0.6 is 0 Å². The summed E-state index contributed by atoms with van der Waals surface area (Å²) < 4.78 is 0. The predicted octanol–water partition coefficient (Wildman–Crippen LogP) is 2.11. The molecule has 0 saturated heterocycles. The van der Waals surface area contributed by atoms with Crippen molar-refractivity contribution >= 4 is 11.5 Å². The fourth-order valence-electron chi connectivity index (χ4n) is 1.99. The molecule has 1 N–H and O–H groups in total. The number of Topliss-reactive ketones (excluding diaryl/α,β-unsaturated/α-hetero) is 1. The normalized spacial score (nSPS) is 15.3. The van der Waals surface area contributed by atoms with Crippen molar-refractivity contribution in [2.75, 3.05) is 18.0 Å². The summed E-state index contributed by atoms with van der Waals surface area (Å²) in [5, 5.41) is 9.64. The van der Waals surface area contributed by atoms with Gasteiger partial charge in [0.15, 0.2) is 5.78 Å². The highest BCUT2D eigenvalue weighted by Gasteiger charge is 2.23. The average molecular weight is 205 g/mol. The number of fused-ring (bicyclic) bond motifs is 1. The molecule has 0 saturated carbocycles. The molecule has 2 rings (SSSR count). The van der Waals surface area contributed by atoms with E-state index in [-0.39, 0.29) is 11.5 Å². The Labute approximate surface area is 89.3 Å². The van der Waals surface area contributed by atoms with Gasteiger partial charge in [-0.1, -0.05) is 0 Å². The quantitative estimate of drug-likeness (QED) is 0.763. The Bertz CT molecular complexity index is 412. The van der Waals surface area contributed by atoms with Crippen LogP contribution in [0.2, 0.25) is 0 Å². The first-order valence-electron chi connectivity index (χ1n) is 5.25. The summed E-state index contributed by atoms with van der Waals surface area (Å²) in [5.74, 6) is 0.444. The molecule has 15 heavy (non-hydrogen) atoms. The number of aromatic hydroxyl groups is 1. The molecular formula is C12H15NO2. The molecule has 1 aliphatic rings. The lowest BCUT2D eigenvalue weighted by atomic mass is 9.98. The highest BCUT2D eigenvalue weighted by molar-refractivity contribution is 6.03. The zero-order chi connectivity index (χ0) is 11.0. The van der Waals surface area contributed by atoms with Crippen molar-refractivity contribution in [2.45, 2.75) is 20.3 Å². The summed E-state index contributed by atoms with van der Waals surface area (Å²) in [4.78, 5) is 13.8. The molecule has 1 aromatic carbocycles. The van der Waals surface area contributed by atoms with Gasteiger partial charge in [-0.05, 0) is 25.5 Å². The van der Waals surface area contributed by atoms with Gasteiger partial charge in [0.2, 0.25) is 0 Å². The highest BCUT2D eigenvalue weighted by Crippen LogP contribution is 2.32. The molecule has 80 valence electrons. The fourth-order valence-corrected chi connectivity index (χ4v) is 1.99. The first-order chi connectivity index (χ1) is 7.13. The van der Waals surface area contributed by atoms with Crippen LogP contribution in [0.5, 0.6) is 5.75 Å². The maximum atomic E-state index is 11.7. The molecule has 0 unspecified atom stereocenters. The number of hydrogen-bond donors (Lipinski definition) is 1. The van der Waals surface area contributed by atoms with E-state index in [2.05, 4.69) is 11.8 Å². The number of carbonyl (C=O) groups excluding carboxylic acids is 1. The maximum absolute atomic E-state index is 11.7. The van der Waals surface area contributed by atoms with Crippen molar-refractivity contribution in [3.05, 3.63) is 23.3 Å². The van der Waals surface area contributed by atoms with Crippen LogP contribution in [0.15, 0.2) is 12.1 Å².